The topological polar surface area (TPSA) is 56.7 Å². The second kappa shape index (κ2) is 10.9. The summed E-state index contributed by atoms with van der Waals surface area (Å²) in [7, 11) is 3.46. The van der Waals surface area contributed by atoms with Crippen LogP contribution in [0, 0.1) is 0 Å². The Morgan fingerprint density at radius 3 is 2.65 bits per heavy atom. The minimum atomic E-state index is -0.0172. The van der Waals surface area contributed by atoms with E-state index in [1.807, 2.05) is 24.3 Å². The Bertz CT molecular complexity index is 517. The van der Waals surface area contributed by atoms with Crippen molar-refractivity contribution >= 4 is 23.5 Å². The Balaban J connectivity index is 2.50. The lowest BCUT2D eigenvalue weighted by Crippen LogP contribution is -2.40. The molecule has 0 unspecified atom stereocenters. The molecule has 23 heavy (non-hydrogen) atoms. The summed E-state index contributed by atoms with van der Waals surface area (Å²) < 4.78 is 0. The second-order valence-electron chi connectivity index (χ2n) is 5.54. The highest BCUT2D eigenvalue weighted by molar-refractivity contribution is 6.30. The SMILES string of the molecule is CCCCNC(=NCC(=O)N(C)C)NCCc1cccc(Cl)c1. The summed E-state index contributed by atoms with van der Waals surface area (Å²) in [5, 5.41) is 7.27. The van der Waals surface area contributed by atoms with E-state index < -0.39 is 0 Å². The van der Waals surface area contributed by atoms with Crippen molar-refractivity contribution in [2.75, 3.05) is 33.7 Å². The molecule has 0 aliphatic rings. The number of carbonyl (C=O) groups is 1. The molecule has 1 aromatic carbocycles. The van der Waals surface area contributed by atoms with Gasteiger partial charge in [-0.05, 0) is 30.5 Å². The summed E-state index contributed by atoms with van der Waals surface area (Å²) in [6, 6.07) is 7.82. The Labute approximate surface area is 144 Å². The third-order valence-corrected chi connectivity index (χ3v) is 3.52. The lowest BCUT2D eigenvalue weighted by molar-refractivity contribution is -0.127. The van der Waals surface area contributed by atoms with E-state index in [2.05, 4.69) is 22.5 Å². The predicted molar refractivity (Wildman–Crippen MR) is 97.1 cm³/mol. The van der Waals surface area contributed by atoms with Crippen LogP contribution < -0.4 is 10.6 Å². The molecule has 0 saturated heterocycles. The molecule has 1 amide bonds. The molecule has 1 rings (SSSR count). The van der Waals surface area contributed by atoms with Gasteiger partial charge in [-0.1, -0.05) is 37.1 Å². The van der Waals surface area contributed by atoms with Crippen LogP contribution in [-0.4, -0.2) is 50.5 Å². The molecule has 0 fully saturated rings. The van der Waals surface area contributed by atoms with Crippen molar-refractivity contribution in [3.8, 4) is 0 Å². The van der Waals surface area contributed by atoms with E-state index in [0.717, 1.165) is 37.4 Å². The van der Waals surface area contributed by atoms with Crippen LogP contribution >= 0.6 is 11.6 Å². The zero-order chi connectivity index (χ0) is 17.1. The van der Waals surface area contributed by atoms with Crippen molar-refractivity contribution in [3.05, 3.63) is 34.9 Å². The molecule has 0 aromatic heterocycles. The van der Waals surface area contributed by atoms with Gasteiger partial charge in [0, 0.05) is 32.2 Å². The predicted octanol–water partition coefficient (Wildman–Crippen LogP) is 2.31. The molecule has 0 heterocycles. The number of rotatable bonds is 8. The van der Waals surface area contributed by atoms with E-state index in [0.29, 0.717) is 5.96 Å². The number of hydrogen-bond donors (Lipinski definition) is 2. The van der Waals surface area contributed by atoms with E-state index in [9.17, 15) is 4.79 Å². The van der Waals surface area contributed by atoms with Crippen molar-refractivity contribution < 1.29 is 4.79 Å². The van der Waals surface area contributed by atoms with E-state index in [1.165, 1.54) is 5.56 Å². The van der Waals surface area contributed by atoms with Gasteiger partial charge in [0.1, 0.15) is 6.54 Å². The lowest BCUT2D eigenvalue weighted by atomic mass is 10.1. The molecule has 0 aliphatic carbocycles. The number of halogens is 1. The maximum atomic E-state index is 11.7. The van der Waals surface area contributed by atoms with Crippen LogP contribution in [0.5, 0.6) is 0 Å². The Morgan fingerprint density at radius 2 is 2.00 bits per heavy atom. The smallest absolute Gasteiger partial charge is 0.243 e. The van der Waals surface area contributed by atoms with E-state index >= 15 is 0 Å². The van der Waals surface area contributed by atoms with Gasteiger partial charge in [0.15, 0.2) is 5.96 Å². The normalized spacial score (nSPS) is 11.2. The maximum Gasteiger partial charge on any atom is 0.243 e. The third kappa shape index (κ3) is 8.45. The van der Waals surface area contributed by atoms with Crippen LogP contribution in [0.3, 0.4) is 0 Å². The Kier molecular flexibility index (Phi) is 9.14. The standard InChI is InChI=1S/C17H27ClN4O/c1-4-5-10-19-17(21-13-16(23)22(2)3)20-11-9-14-7-6-8-15(18)12-14/h6-8,12H,4-5,9-11,13H2,1-3H3,(H2,19,20,21). The second-order valence-corrected chi connectivity index (χ2v) is 5.98. The van der Waals surface area contributed by atoms with Crippen LogP contribution in [0.15, 0.2) is 29.3 Å². The molecule has 0 aliphatic heterocycles. The summed E-state index contributed by atoms with van der Waals surface area (Å²) in [5.74, 6) is 0.659. The van der Waals surface area contributed by atoms with Gasteiger partial charge in [-0.2, -0.15) is 0 Å². The van der Waals surface area contributed by atoms with Crippen LogP contribution in [0.25, 0.3) is 0 Å². The van der Waals surface area contributed by atoms with Gasteiger partial charge < -0.3 is 15.5 Å². The minimum absolute atomic E-state index is 0.0172. The first-order valence-corrected chi connectivity index (χ1v) is 8.37. The number of aliphatic imine (C=N–C) groups is 1. The average molecular weight is 339 g/mol. The number of nitrogens with one attached hydrogen (secondary N) is 2. The highest BCUT2D eigenvalue weighted by Crippen LogP contribution is 2.10. The molecule has 1 aromatic rings. The fraction of sp³-hybridized carbons (Fsp3) is 0.529. The van der Waals surface area contributed by atoms with Crippen molar-refractivity contribution in [2.24, 2.45) is 4.99 Å². The molecule has 0 radical (unpaired) electrons. The molecule has 128 valence electrons. The Morgan fingerprint density at radius 1 is 1.26 bits per heavy atom. The maximum absolute atomic E-state index is 11.7. The minimum Gasteiger partial charge on any atom is -0.356 e. The number of hydrogen-bond acceptors (Lipinski definition) is 2. The van der Waals surface area contributed by atoms with Crippen molar-refractivity contribution in [1.29, 1.82) is 0 Å². The van der Waals surface area contributed by atoms with E-state index in [4.69, 9.17) is 11.6 Å². The largest absolute Gasteiger partial charge is 0.356 e. The fourth-order valence-corrected chi connectivity index (χ4v) is 2.08. The van der Waals surface area contributed by atoms with Gasteiger partial charge >= 0.3 is 0 Å². The van der Waals surface area contributed by atoms with Gasteiger partial charge in [0.2, 0.25) is 5.91 Å². The summed E-state index contributed by atoms with van der Waals surface area (Å²) in [4.78, 5) is 17.5. The van der Waals surface area contributed by atoms with Gasteiger partial charge in [-0.15, -0.1) is 0 Å². The number of unbranched alkanes of at least 4 members (excludes halogenated alkanes) is 1. The highest BCUT2D eigenvalue weighted by Gasteiger charge is 2.04. The van der Waals surface area contributed by atoms with Crippen molar-refractivity contribution in [3.63, 3.8) is 0 Å². The molecule has 6 heteroatoms. The number of benzene rings is 1. The monoisotopic (exact) mass is 338 g/mol. The molecular formula is C17H27ClN4O. The average Bonchev–Trinajstić information content (AvgIpc) is 2.51. The van der Waals surface area contributed by atoms with Gasteiger partial charge in [-0.25, -0.2) is 4.99 Å². The highest BCUT2D eigenvalue weighted by atomic mass is 35.5. The van der Waals surface area contributed by atoms with Crippen LogP contribution in [0.4, 0.5) is 0 Å². The number of carbonyl (C=O) groups excluding carboxylic acids is 1. The van der Waals surface area contributed by atoms with Crippen molar-refractivity contribution in [1.82, 2.24) is 15.5 Å². The molecule has 5 nitrogen and oxygen atoms in total. The van der Waals surface area contributed by atoms with Crippen molar-refractivity contribution in [2.45, 2.75) is 26.2 Å². The summed E-state index contributed by atoms with van der Waals surface area (Å²) >= 11 is 5.99. The quantitative estimate of drug-likeness (QED) is 0.434. The summed E-state index contributed by atoms with van der Waals surface area (Å²) in [6.45, 7) is 3.86. The molecule has 0 saturated carbocycles. The zero-order valence-corrected chi connectivity index (χ0v) is 15.0. The first-order valence-electron chi connectivity index (χ1n) is 7.99. The number of guanidine groups is 1. The number of likely N-dealkylation sites (N-methyl/N-ethyl adjacent to an activating group) is 1. The Hall–Kier alpha value is -1.75. The molecule has 0 spiro atoms. The van der Waals surface area contributed by atoms with Crippen LogP contribution in [0.2, 0.25) is 5.02 Å². The number of amides is 1. The summed E-state index contributed by atoms with van der Waals surface area (Å²) in [5.41, 5.74) is 1.17. The fourth-order valence-electron chi connectivity index (χ4n) is 1.86. The van der Waals surface area contributed by atoms with E-state index in [1.54, 1.807) is 19.0 Å². The van der Waals surface area contributed by atoms with E-state index in [-0.39, 0.29) is 12.5 Å². The molecule has 0 atom stereocenters. The van der Waals surface area contributed by atoms with Gasteiger partial charge in [0.25, 0.3) is 0 Å². The van der Waals surface area contributed by atoms with Crippen LogP contribution in [-0.2, 0) is 11.2 Å². The zero-order valence-electron chi connectivity index (χ0n) is 14.2. The van der Waals surface area contributed by atoms with Crippen LogP contribution in [0.1, 0.15) is 25.3 Å². The third-order valence-electron chi connectivity index (χ3n) is 3.29. The van der Waals surface area contributed by atoms with Gasteiger partial charge in [-0.3, -0.25) is 4.79 Å². The molecule has 2 N–H and O–H groups in total. The summed E-state index contributed by atoms with van der Waals surface area (Å²) in [6.07, 6.45) is 3.02. The molecular weight excluding hydrogens is 312 g/mol. The lowest BCUT2D eigenvalue weighted by Gasteiger charge is -2.13. The first-order chi connectivity index (χ1) is 11.0. The van der Waals surface area contributed by atoms with Gasteiger partial charge in [0.05, 0.1) is 0 Å². The first kappa shape index (κ1) is 19.3. The molecule has 0 bridgehead atoms. The number of nitrogens with zero attached hydrogens (tertiary/aromatic N) is 2.